The van der Waals surface area contributed by atoms with Gasteiger partial charge < -0.3 is 19.9 Å². The van der Waals surface area contributed by atoms with Gasteiger partial charge in [-0.3, -0.25) is 9.59 Å². The Morgan fingerprint density at radius 1 is 1.17 bits per heavy atom. The van der Waals surface area contributed by atoms with Crippen LogP contribution in [0.3, 0.4) is 0 Å². The zero-order valence-corrected chi connectivity index (χ0v) is 13.2. The molecule has 2 aliphatic carbocycles. The van der Waals surface area contributed by atoms with Crippen molar-refractivity contribution in [1.29, 1.82) is 0 Å². The number of benzene rings is 1. The van der Waals surface area contributed by atoms with E-state index < -0.39 is 5.97 Å². The number of carboxylic acid groups (broad SMARTS) is 1. The molecule has 0 heterocycles. The van der Waals surface area contributed by atoms with Gasteiger partial charge in [0, 0.05) is 23.4 Å². The standard InChI is InChI=1S/C17H21NO5/c1-22-11-3-4-15(23-2)13(7-11)12-8-14(12)16(19)18-10-5-9(6-10)17(20)21/h3-4,7,9-10,12,14H,5-6,8H2,1-2H3,(H,18,19)(H,20,21). The van der Waals surface area contributed by atoms with E-state index in [-0.39, 0.29) is 29.7 Å². The predicted octanol–water partition coefficient (Wildman–Crippen LogP) is 1.79. The summed E-state index contributed by atoms with van der Waals surface area (Å²) in [6.45, 7) is 0. The highest BCUT2D eigenvalue weighted by Crippen LogP contribution is 2.51. The highest BCUT2D eigenvalue weighted by Gasteiger charge is 2.47. The number of rotatable bonds is 6. The van der Waals surface area contributed by atoms with Crippen LogP contribution in [0.1, 0.15) is 30.7 Å². The molecule has 1 amide bonds. The van der Waals surface area contributed by atoms with E-state index >= 15 is 0 Å². The quantitative estimate of drug-likeness (QED) is 0.835. The maximum atomic E-state index is 12.3. The number of carbonyl (C=O) groups is 2. The molecule has 0 aromatic heterocycles. The molecule has 1 aromatic carbocycles. The van der Waals surface area contributed by atoms with Crippen LogP contribution in [0.2, 0.25) is 0 Å². The molecular weight excluding hydrogens is 298 g/mol. The second kappa shape index (κ2) is 6.10. The first kappa shape index (κ1) is 15.6. The van der Waals surface area contributed by atoms with E-state index in [1.165, 1.54) is 0 Å². The maximum Gasteiger partial charge on any atom is 0.306 e. The summed E-state index contributed by atoms with van der Waals surface area (Å²) in [5.41, 5.74) is 0.990. The van der Waals surface area contributed by atoms with Crippen molar-refractivity contribution in [2.24, 2.45) is 11.8 Å². The predicted molar refractivity (Wildman–Crippen MR) is 82.7 cm³/mol. The average molecular weight is 319 g/mol. The van der Waals surface area contributed by atoms with Gasteiger partial charge in [-0.25, -0.2) is 0 Å². The highest BCUT2D eigenvalue weighted by atomic mass is 16.5. The molecule has 2 N–H and O–H groups in total. The third-order valence-electron chi connectivity index (χ3n) is 4.80. The van der Waals surface area contributed by atoms with Crippen molar-refractivity contribution in [2.75, 3.05) is 14.2 Å². The van der Waals surface area contributed by atoms with Gasteiger partial charge in [0.2, 0.25) is 5.91 Å². The first-order valence-electron chi connectivity index (χ1n) is 7.78. The normalized spacial score (nSPS) is 28.4. The lowest BCUT2D eigenvalue weighted by atomic mass is 9.80. The number of carboxylic acids is 1. The first-order valence-corrected chi connectivity index (χ1v) is 7.78. The fourth-order valence-corrected chi connectivity index (χ4v) is 3.20. The Morgan fingerprint density at radius 2 is 1.91 bits per heavy atom. The number of aliphatic carboxylic acids is 1. The zero-order chi connectivity index (χ0) is 16.6. The number of hydrogen-bond donors (Lipinski definition) is 2. The summed E-state index contributed by atoms with van der Waals surface area (Å²) in [5, 5.41) is 11.8. The minimum Gasteiger partial charge on any atom is -0.497 e. The maximum absolute atomic E-state index is 12.3. The average Bonchev–Trinajstić information content (AvgIpc) is 3.29. The molecule has 2 unspecified atom stereocenters. The molecule has 1 aromatic rings. The Kier molecular flexibility index (Phi) is 4.15. The highest BCUT2D eigenvalue weighted by molar-refractivity contribution is 5.84. The molecule has 0 bridgehead atoms. The number of ether oxygens (including phenoxy) is 2. The van der Waals surface area contributed by atoms with Crippen molar-refractivity contribution in [3.8, 4) is 11.5 Å². The molecule has 2 aliphatic rings. The van der Waals surface area contributed by atoms with Crippen LogP contribution in [0.25, 0.3) is 0 Å². The Labute approximate surface area is 134 Å². The molecule has 23 heavy (non-hydrogen) atoms. The number of hydrogen-bond acceptors (Lipinski definition) is 4. The van der Waals surface area contributed by atoms with Crippen molar-refractivity contribution in [3.05, 3.63) is 23.8 Å². The van der Waals surface area contributed by atoms with E-state index in [0.717, 1.165) is 23.5 Å². The summed E-state index contributed by atoms with van der Waals surface area (Å²) in [5.74, 6) is 0.495. The van der Waals surface area contributed by atoms with Gasteiger partial charge in [-0.1, -0.05) is 0 Å². The van der Waals surface area contributed by atoms with Crippen molar-refractivity contribution < 1.29 is 24.2 Å². The van der Waals surface area contributed by atoms with Crippen LogP contribution in [-0.2, 0) is 9.59 Å². The number of nitrogens with one attached hydrogen (secondary N) is 1. The molecule has 3 rings (SSSR count). The van der Waals surface area contributed by atoms with Gasteiger partial charge in [-0.05, 0) is 37.5 Å². The van der Waals surface area contributed by atoms with Gasteiger partial charge in [0.05, 0.1) is 20.1 Å². The van der Waals surface area contributed by atoms with Crippen LogP contribution in [0, 0.1) is 11.8 Å². The Morgan fingerprint density at radius 3 is 2.52 bits per heavy atom. The summed E-state index contributed by atoms with van der Waals surface area (Å²) >= 11 is 0. The summed E-state index contributed by atoms with van der Waals surface area (Å²) in [6, 6.07) is 5.60. The lowest BCUT2D eigenvalue weighted by molar-refractivity contribution is -0.146. The van der Waals surface area contributed by atoms with E-state index in [0.29, 0.717) is 12.8 Å². The Hall–Kier alpha value is -2.24. The van der Waals surface area contributed by atoms with Gasteiger partial charge in [-0.15, -0.1) is 0 Å². The number of carbonyl (C=O) groups excluding carboxylic acids is 1. The van der Waals surface area contributed by atoms with Crippen LogP contribution < -0.4 is 14.8 Å². The largest absolute Gasteiger partial charge is 0.497 e. The third kappa shape index (κ3) is 3.11. The molecule has 0 aliphatic heterocycles. The van der Waals surface area contributed by atoms with Gasteiger partial charge in [-0.2, -0.15) is 0 Å². The van der Waals surface area contributed by atoms with Crippen LogP contribution in [0.5, 0.6) is 11.5 Å². The minimum absolute atomic E-state index is 0.00273. The van der Waals surface area contributed by atoms with Gasteiger partial charge in [0.25, 0.3) is 0 Å². The zero-order valence-electron chi connectivity index (χ0n) is 13.2. The minimum atomic E-state index is -0.777. The molecule has 124 valence electrons. The molecule has 0 saturated heterocycles. The van der Waals surface area contributed by atoms with Crippen molar-refractivity contribution in [3.63, 3.8) is 0 Å². The van der Waals surface area contributed by atoms with E-state index in [2.05, 4.69) is 5.32 Å². The van der Waals surface area contributed by atoms with Crippen LogP contribution in [-0.4, -0.2) is 37.2 Å². The lowest BCUT2D eigenvalue weighted by Gasteiger charge is -2.32. The summed E-state index contributed by atoms with van der Waals surface area (Å²) in [4.78, 5) is 23.1. The monoisotopic (exact) mass is 319 g/mol. The molecule has 0 spiro atoms. The van der Waals surface area contributed by atoms with E-state index in [9.17, 15) is 9.59 Å². The van der Waals surface area contributed by atoms with Gasteiger partial charge in [0.15, 0.2) is 0 Å². The smallest absolute Gasteiger partial charge is 0.306 e. The lowest BCUT2D eigenvalue weighted by Crippen LogP contribution is -2.47. The van der Waals surface area contributed by atoms with E-state index in [1.54, 1.807) is 14.2 Å². The molecular formula is C17H21NO5. The Balaban J connectivity index is 1.59. The first-order chi connectivity index (χ1) is 11.0. The molecule has 6 nitrogen and oxygen atoms in total. The summed E-state index contributed by atoms with van der Waals surface area (Å²) in [7, 11) is 3.22. The summed E-state index contributed by atoms with van der Waals surface area (Å²) in [6.07, 6.45) is 1.84. The van der Waals surface area contributed by atoms with E-state index in [4.69, 9.17) is 14.6 Å². The number of methoxy groups -OCH3 is 2. The Bertz CT molecular complexity index is 623. The topological polar surface area (TPSA) is 84.9 Å². The summed E-state index contributed by atoms with van der Waals surface area (Å²) < 4.78 is 10.6. The second-order valence-electron chi connectivity index (χ2n) is 6.27. The number of amides is 1. The molecule has 2 fully saturated rings. The third-order valence-corrected chi connectivity index (χ3v) is 4.80. The fraction of sp³-hybridized carbons (Fsp3) is 0.529. The second-order valence-corrected chi connectivity index (χ2v) is 6.27. The van der Waals surface area contributed by atoms with E-state index in [1.807, 2.05) is 18.2 Å². The van der Waals surface area contributed by atoms with Crippen molar-refractivity contribution in [1.82, 2.24) is 5.32 Å². The fourth-order valence-electron chi connectivity index (χ4n) is 3.20. The van der Waals surface area contributed by atoms with Crippen LogP contribution >= 0.6 is 0 Å². The SMILES string of the molecule is COc1ccc(OC)c(C2CC2C(=O)NC2CC(C(=O)O)C2)c1. The van der Waals surface area contributed by atoms with Crippen LogP contribution in [0.4, 0.5) is 0 Å². The van der Waals surface area contributed by atoms with Crippen molar-refractivity contribution >= 4 is 11.9 Å². The molecule has 6 heteroatoms. The van der Waals surface area contributed by atoms with Crippen molar-refractivity contribution in [2.45, 2.75) is 31.2 Å². The van der Waals surface area contributed by atoms with Gasteiger partial charge in [0.1, 0.15) is 11.5 Å². The molecule has 2 saturated carbocycles. The molecule has 2 atom stereocenters. The molecule has 0 radical (unpaired) electrons. The van der Waals surface area contributed by atoms with Gasteiger partial charge >= 0.3 is 5.97 Å². The van der Waals surface area contributed by atoms with Crippen LogP contribution in [0.15, 0.2) is 18.2 Å².